The predicted molar refractivity (Wildman–Crippen MR) is 145 cm³/mol. The summed E-state index contributed by atoms with van der Waals surface area (Å²) < 4.78 is 6.19. The Bertz CT molecular complexity index is 1160. The first-order valence-electron chi connectivity index (χ1n) is 13.1. The van der Waals surface area contributed by atoms with Crippen LogP contribution in [0, 0.1) is 0 Å². The van der Waals surface area contributed by atoms with Gasteiger partial charge in [0.25, 0.3) is 0 Å². The van der Waals surface area contributed by atoms with Crippen LogP contribution in [0.4, 0.5) is 17.1 Å². The fourth-order valence-electron chi connectivity index (χ4n) is 5.92. The largest absolute Gasteiger partial charge is 0.487 e. The normalized spacial score (nSPS) is 19.9. The average Bonchev–Trinajstić information content (AvgIpc) is 3.56. The van der Waals surface area contributed by atoms with E-state index in [-0.39, 0.29) is 0 Å². The number of anilines is 3. The molecule has 0 unspecified atom stereocenters. The zero-order valence-electron chi connectivity index (χ0n) is 20.3. The van der Waals surface area contributed by atoms with Gasteiger partial charge in [-0.2, -0.15) is 0 Å². The van der Waals surface area contributed by atoms with E-state index in [1.165, 1.54) is 67.8 Å². The Kier molecular flexibility index (Phi) is 6.58. The van der Waals surface area contributed by atoms with Gasteiger partial charge in [0.1, 0.15) is 12.4 Å². The number of benzene rings is 3. The summed E-state index contributed by atoms with van der Waals surface area (Å²) in [5.41, 5.74) is 6.31. The van der Waals surface area contributed by atoms with Gasteiger partial charge in [-0.15, -0.1) is 0 Å². The number of fused-ring (bicyclic) bond motifs is 2. The summed E-state index contributed by atoms with van der Waals surface area (Å²) in [5.74, 6) is 0.947. The smallest absolute Gasteiger partial charge is 0.143 e. The number of rotatable bonds is 6. The highest BCUT2D eigenvalue weighted by Gasteiger charge is 2.30. The Morgan fingerprint density at radius 3 is 2.54 bits per heavy atom. The van der Waals surface area contributed by atoms with Crippen molar-refractivity contribution in [2.24, 2.45) is 0 Å². The molecule has 3 aromatic rings. The van der Waals surface area contributed by atoms with Crippen LogP contribution in [0.2, 0.25) is 5.02 Å². The Balaban J connectivity index is 1.18. The molecular weight excluding hydrogens is 454 g/mol. The first kappa shape index (κ1) is 22.8. The molecule has 35 heavy (non-hydrogen) atoms. The maximum absolute atomic E-state index is 6.46. The third-order valence-electron chi connectivity index (χ3n) is 7.87. The number of ether oxygens (including phenoxy) is 1. The van der Waals surface area contributed by atoms with Gasteiger partial charge < -0.3 is 14.5 Å². The van der Waals surface area contributed by atoms with E-state index in [9.17, 15) is 0 Å². The fourth-order valence-corrected chi connectivity index (χ4v) is 6.09. The molecule has 0 aliphatic carbocycles. The van der Waals surface area contributed by atoms with Crippen molar-refractivity contribution in [3.05, 3.63) is 82.9 Å². The maximum atomic E-state index is 6.46. The third-order valence-corrected chi connectivity index (χ3v) is 8.10. The van der Waals surface area contributed by atoms with Crippen LogP contribution in [0.15, 0.2) is 66.7 Å². The molecule has 0 N–H and O–H groups in total. The monoisotopic (exact) mass is 487 g/mol. The second-order valence-electron chi connectivity index (χ2n) is 10.1. The number of hydrogen-bond acceptors (Lipinski definition) is 4. The Morgan fingerprint density at radius 1 is 0.857 bits per heavy atom. The summed E-state index contributed by atoms with van der Waals surface area (Å²) >= 11 is 6.46. The van der Waals surface area contributed by atoms with Crippen LogP contribution in [0.1, 0.15) is 36.8 Å². The lowest BCUT2D eigenvalue weighted by Gasteiger charge is -2.33. The van der Waals surface area contributed by atoms with E-state index in [2.05, 4.69) is 75.4 Å². The number of nitrogens with zero attached hydrogens (tertiary/aromatic N) is 3. The standard InChI is InChI=1S/C30H34ClN3O/c31-25-12-11-24-22-35-30-8-2-1-7-28(30)34(29(24)20-25)21-27-6-5-18-33(27)19-15-23-9-13-26(14-10-23)32-16-3-4-17-32/h1-2,7-14,20,27H,3-6,15-19,21-22H2/t27-/m1/s1. The molecule has 2 fully saturated rings. The minimum Gasteiger partial charge on any atom is -0.487 e. The molecule has 0 aromatic heterocycles. The highest BCUT2D eigenvalue weighted by Crippen LogP contribution is 2.41. The van der Waals surface area contributed by atoms with Gasteiger partial charge in [-0.3, -0.25) is 4.90 Å². The fraction of sp³-hybridized carbons (Fsp3) is 0.400. The van der Waals surface area contributed by atoms with Crippen molar-refractivity contribution >= 4 is 28.7 Å². The van der Waals surface area contributed by atoms with Gasteiger partial charge in [0, 0.05) is 54.2 Å². The van der Waals surface area contributed by atoms with Crippen LogP contribution in [0.25, 0.3) is 0 Å². The van der Waals surface area contributed by atoms with Crippen LogP contribution >= 0.6 is 11.6 Å². The summed E-state index contributed by atoms with van der Waals surface area (Å²) in [6.45, 7) is 6.19. The Morgan fingerprint density at radius 2 is 1.69 bits per heavy atom. The van der Waals surface area contributed by atoms with Crippen molar-refractivity contribution in [3.8, 4) is 5.75 Å². The van der Waals surface area contributed by atoms with E-state index < -0.39 is 0 Å². The Labute approximate surface area is 214 Å². The first-order valence-corrected chi connectivity index (χ1v) is 13.5. The van der Waals surface area contributed by atoms with Gasteiger partial charge in [0.2, 0.25) is 0 Å². The summed E-state index contributed by atoms with van der Waals surface area (Å²) in [5, 5.41) is 0.772. The SMILES string of the molecule is Clc1ccc2c(c1)N(C[C@H]1CCCN1CCc1ccc(N3CCCC3)cc1)c1ccccc1OC2. The van der Waals surface area contributed by atoms with Gasteiger partial charge in [-0.1, -0.05) is 41.9 Å². The molecule has 2 saturated heterocycles. The number of para-hydroxylation sites is 2. The van der Waals surface area contributed by atoms with Crippen molar-refractivity contribution in [1.29, 1.82) is 0 Å². The second-order valence-corrected chi connectivity index (χ2v) is 10.5. The lowest BCUT2D eigenvalue weighted by atomic mass is 10.1. The lowest BCUT2D eigenvalue weighted by molar-refractivity contribution is 0.261. The average molecular weight is 488 g/mol. The van der Waals surface area contributed by atoms with E-state index in [0.29, 0.717) is 12.6 Å². The molecule has 3 aromatic carbocycles. The molecule has 182 valence electrons. The zero-order chi connectivity index (χ0) is 23.6. The summed E-state index contributed by atoms with van der Waals surface area (Å²) in [4.78, 5) is 7.64. The summed E-state index contributed by atoms with van der Waals surface area (Å²) in [7, 11) is 0. The first-order chi connectivity index (χ1) is 17.2. The molecule has 6 rings (SSSR count). The Hall–Kier alpha value is -2.69. The topological polar surface area (TPSA) is 19.0 Å². The highest BCUT2D eigenvalue weighted by atomic mass is 35.5. The molecule has 0 saturated carbocycles. The maximum Gasteiger partial charge on any atom is 0.143 e. The predicted octanol–water partition coefficient (Wildman–Crippen LogP) is 6.68. The van der Waals surface area contributed by atoms with Crippen LogP contribution < -0.4 is 14.5 Å². The number of likely N-dealkylation sites (tertiary alicyclic amines) is 1. The van der Waals surface area contributed by atoms with Crippen molar-refractivity contribution < 1.29 is 4.74 Å². The van der Waals surface area contributed by atoms with E-state index in [0.717, 1.165) is 36.0 Å². The summed E-state index contributed by atoms with van der Waals surface area (Å²) in [6.07, 6.45) is 6.22. The molecular formula is C30H34ClN3O. The summed E-state index contributed by atoms with van der Waals surface area (Å²) in [6, 6.07) is 24.4. The molecule has 0 bridgehead atoms. The minimum atomic E-state index is 0.511. The van der Waals surface area contributed by atoms with Crippen LogP contribution in [-0.4, -0.2) is 43.7 Å². The second kappa shape index (κ2) is 10.1. The molecule has 3 aliphatic rings. The van der Waals surface area contributed by atoms with Crippen LogP contribution in [0.3, 0.4) is 0 Å². The quantitative estimate of drug-likeness (QED) is 0.386. The van der Waals surface area contributed by atoms with Gasteiger partial charge >= 0.3 is 0 Å². The van der Waals surface area contributed by atoms with E-state index in [1.807, 2.05) is 6.07 Å². The van der Waals surface area contributed by atoms with E-state index in [4.69, 9.17) is 16.3 Å². The molecule has 0 spiro atoms. The highest BCUT2D eigenvalue weighted by molar-refractivity contribution is 6.30. The van der Waals surface area contributed by atoms with Crippen molar-refractivity contribution in [2.75, 3.05) is 42.5 Å². The molecule has 5 heteroatoms. The van der Waals surface area contributed by atoms with Gasteiger partial charge in [-0.05, 0) is 80.6 Å². The van der Waals surface area contributed by atoms with E-state index in [1.54, 1.807) is 0 Å². The molecule has 3 aliphatic heterocycles. The molecule has 0 amide bonds. The molecule has 4 nitrogen and oxygen atoms in total. The lowest BCUT2D eigenvalue weighted by Crippen LogP contribution is -2.39. The van der Waals surface area contributed by atoms with Crippen molar-refractivity contribution in [3.63, 3.8) is 0 Å². The van der Waals surface area contributed by atoms with E-state index >= 15 is 0 Å². The van der Waals surface area contributed by atoms with Crippen molar-refractivity contribution in [2.45, 2.75) is 44.8 Å². The van der Waals surface area contributed by atoms with Crippen LogP contribution in [-0.2, 0) is 13.0 Å². The van der Waals surface area contributed by atoms with Crippen molar-refractivity contribution in [1.82, 2.24) is 4.90 Å². The van der Waals surface area contributed by atoms with Gasteiger partial charge in [0.15, 0.2) is 0 Å². The number of hydrogen-bond donors (Lipinski definition) is 0. The van der Waals surface area contributed by atoms with Crippen LogP contribution in [0.5, 0.6) is 5.75 Å². The van der Waals surface area contributed by atoms with Gasteiger partial charge in [-0.25, -0.2) is 0 Å². The van der Waals surface area contributed by atoms with Gasteiger partial charge in [0.05, 0.1) is 5.69 Å². The molecule has 0 radical (unpaired) electrons. The third kappa shape index (κ3) is 4.87. The zero-order valence-corrected chi connectivity index (χ0v) is 21.1. The number of halogens is 1. The molecule has 3 heterocycles. The molecule has 1 atom stereocenters. The minimum absolute atomic E-state index is 0.511.